The second-order valence-electron chi connectivity index (χ2n) is 4.77. The molecule has 0 aliphatic heterocycles. The smallest absolute Gasteiger partial charge is 0.118 e. The molecule has 0 aliphatic rings. The molecule has 0 aliphatic carbocycles. The Morgan fingerprint density at radius 3 is 2.76 bits per heavy atom. The standard InChI is InChI=1S/C14H22N2O/c1-5-8-16(4)11-14-7-6-13(17-14)10-15-9-12(2)3/h1,6-7,12,15H,8-11H2,2-4H3. The molecule has 0 unspecified atom stereocenters. The largest absolute Gasteiger partial charge is 0.463 e. The lowest BCUT2D eigenvalue weighted by molar-refractivity contribution is 0.317. The highest BCUT2D eigenvalue weighted by molar-refractivity contribution is 5.07. The van der Waals surface area contributed by atoms with Gasteiger partial charge in [-0.25, -0.2) is 0 Å². The highest BCUT2D eigenvalue weighted by atomic mass is 16.3. The van der Waals surface area contributed by atoms with Gasteiger partial charge in [-0.1, -0.05) is 19.8 Å². The van der Waals surface area contributed by atoms with Gasteiger partial charge in [0.2, 0.25) is 0 Å². The summed E-state index contributed by atoms with van der Waals surface area (Å²) in [5.41, 5.74) is 0. The molecule has 0 saturated carbocycles. The van der Waals surface area contributed by atoms with Gasteiger partial charge in [-0.05, 0) is 31.6 Å². The molecule has 0 radical (unpaired) electrons. The van der Waals surface area contributed by atoms with E-state index in [1.807, 2.05) is 24.1 Å². The molecule has 94 valence electrons. The number of furan rings is 1. The van der Waals surface area contributed by atoms with Crippen molar-refractivity contribution in [2.75, 3.05) is 20.1 Å². The van der Waals surface area contributed by atoms with Crippen molar-refractivity contribution in [3.8, 4) is 12.3 Å². The summed E-state index contributed by atoms with van der Waals surface area (Å²) in [5, 5.41) is 3.35. The Hall–Kier alpha value is -1.24. The summed E-state index contributed by atoms with van der Waals surface area (Å²) < 4.78 is 5.71. The topological polar surface area (TPSA) is 28.4 Å². The van der Waals surface area contributed by atoms with Crippen LogP contribution in [0.5, 0.6) is 0 Å². The predicted octanol–water partition coefficient (Wildman–Crippen LogP) is 2.09. The van der Waals surface area contributed by atoms with Crippen LogP contribution in [0.1, 0.15) is 25.4 Å². The molecule has 0 spiro atoms. The second-order valence-corrected chi connectivity index (χ2v) is 4.77. The SMILES string of the molecule is C#CCN(C)Cc1ccc(CNCC(C)C)o1. The Morgan fingerprint density at radius 1 is 1.41 bits per heavy atom. The monoisotopic (exact) mass is 234 g/mol. The van der Waals surface area contributed by atoms with E-state index >= 15 is 0 Å². The quantitative estimate of drug-likeness (QED) is 0.732. The van der Waals surface area contributed by atoms with Crippen LogP contribution in [0.2, 0.25) is 0 Å². The lowest BCUT2D eigenvalue weighted by Crippen LogP contribution is -2.18. The van der Waals surface area contributed by atoms with Gasteiger partial charge in [0.25, 0.3) is 0 Å². The van der Waals surface area contributed by atoms with Crippen LogP contribution < -0.4 is 5.32 Å². The van der Waals surface area contributed by atoms with E-state index in [-0.39, 0.29) is 0 Å². The molecule has 1 heterocycles. The molecule has 1 rings (SSSR count). The number of rotatable bonds is 7. The minimum absolute atomic E-state index is 0.641. The van der Waals surface area contributed by atoms with Crippen LogP contribution in [0.15, 0.2) is 16.5 Å². The molecule has 1 aromatic rings. The van der Waals surface area contributed by atoms with Gasteiger partial charge in [0.05, 0.1) is 19.6 Å². The molecule has 3 heteroatoms. The zero-order valence-corrected chi connectivity index (χ0v) is 11.0. The molecule has 3 nitrogen and oxygen atoms in total. The van der Waals surface area contributed by atoms with Gasteiger partial charge in [-0.3, -0.25) is 4.90 Å². The van der Waals surface area contributed by atoms with E-state index in [0.29, 0.717) is 12.5 Å². The summed E-state index contributed by atoms with van der Waals surface area (Å²) in [6.07, 6.45) is 5.25. The van der Waals surface area contributed by atoms with Gasteiger partial charge in [0, 0.05) is 0 Å². The van der Waals surface area contributed by atoms with Gasteiger partial charge in [-0.2, -0.15) is 0 Å². The van der Waals surface area contributed by atoms with Crippen LogP contribution >= 0.6 is 0 Å². The maximum atomic E-state index is 5.71. The van der Waals surface area contributed by atoms with Gasteiger partial charge in [-0.15, -0.1) is 6.42 Å². The van der Waals surface area contributed by atoms with E-state index < -0.39 is 0 Å². The summed E-state index contributed by atoms with van der Waals surface area (Å²) >= 11 is 0. The normalized spacial score (nSPS) is 11.1. The first kappa shape index (κ1) is 13.8. The van der Waals surface area contributed by atoms with Crippen molar-refractivity contribution in [3.05, 3.63) is 23.7 Å². The van der Waals surface area contributed by atoms with Crippen molar-refractivity contribution in [1.82, 2.24) is 10.2 Å². The van der Waals surface area contributed by atoms with Crippen molar-refractivity contribution in [1.29, 1.82) is 0 Å². The highest BCUT2D eigenvalue weighted by Crippen LogP contribution is 2.09. The van der Waals surface area contributed by atoms with Crippen molar-refractivity contribution in [2.24, 2.45) is 5.92 Å². The number of nitrogens with zero attached hydrogens (tertiary/aromatic N) is 1. The van der Waals surface area contributed by atoms with Gasteiger partial charge in [0.15, 0.2) is 0 Å². The van der Waals surface area contributed by atoms with Crippen molar-refractivity contribution in [3.63, 3.8) is 0 Å². The Bertz CT molecular complexity index is 363. The summed E-state index contributed by atoms with van der Waals surface area (Å²) in [6, 6.07) is 4.03. The summed E-state index contributed by atoms with van der Waals surface area (Å²) in [6.45, 7) is 7.57. The van der Waals surface area contributed by atoms with Crippen LogP contribution in [-0.4, -0.2) is 25.0 Å². The third kappa shape index (κ3) is 5.58. The van der Waals surface area contributed by atoms with Crippen LogP contribution in [-0.2, 0) is 13.1 Å². The van der Waals surface area contributed by atoms with E-state index in [2.05, 4.69) is 25.1 Å². The van der Waals surface area contributed by atoms with Crippen molar-refractivity contribution >= 4 is 0 Å². The van der Waals surface area contributed by atoms with Crippen LogP contribution in [0.4, 0.5) is 0 Å². The molecule has 0 bridgehead atoms. The fourth-order valence-corrected chi connectivity index (χ4v) is 1.56. The lowest BCUT2D eigenvalue weighted by Gasteiger charge is -2.10. The maximum absolute atomic E-state index is 5.71. The lowest BCUT2D eigenvalue weighted by atomic mass is 10.2. The molecule has 0 fully saturated rings. The second kappa shape index (κ2) is 7.16. The Kier molecular flexibility index (Phi) is 5.82. The molecular formula is C14H22N2O. The third-order valence-electron chi connectivity index (χ3n) is 2.36. The number of hydrogen-bond acceptors (Lipinski definition) is 3. The van der Waals surface area contributed by atoms with E-state index in [1.54, 1.807) is 0 Å². The Balaban J connectivity index is 2.35. The fraction of sp³-hybridized carbons (Fsp3) is 0.571. The first-order valence-corrected chi connectivity index (χ1v) is 6.02. The van der Waals surface area contributed by atoms with Crippen LogP contribution in [0.25, 0.3) is 0 Å². The Labute approximate surface area is 104 Å². The van der Waals surface area contributed by atoms with Crippen molar-refractivity contribution < 1.29 is 4.42 Å². The fourth-order valence-electron chi connectivity index (χ4n) is 1.56. The van der Waals surface area contributed by atoms with E-state index in [4.69, 9.17) is 10.8 Å². The minimum atomic E-state index is 0.641. The number of terminal acetylenes is 1. The average Bonchev–Trinajstić information content (AvgIpc) is 2.65. The minimum Gasteiger partial charge on any atom is -0.463 e. The molecule has 1 aromatic heterocycles. The molecule has 0 aromatic carbocycles. The first-order valence-electron chi connectivity index (χ1n) is 6.02. The highest BCUT2D eigenvalue weighted by Gasteiger charge is 2.04. The van der Waals surface area contributed by atoms with Crippen LogP contribution in [0.3, 0.4) is 0 Å². The third-order valence-corrected chi connectivity index (χ3v) is 2.36. The predicted molar refractivity (Wildman–Crippen MR) is 70.4 cm³/mol. The average molecular weight is 234 g/mol. The molecule has 0 atom stereocenters. The summed E-state index contributed by atoms with van der Waals surface area (Å²) in [4.78, 5) is 2.05. The van der Waals surface area contributed by atoms with Crippen LogP contribution in [0, 0.1) is 18.3 Å². The number of nitrogens with one attached hydrogen (secondary N) is 1. The van der Waals surface area contributed by atoms with Crippen molar-refractivity contribution in [2.45, 2.75) is 26.9 Å². The molecule has 1 N–H and O–H groups in total. The first-order chi connectivity index (χ1) is 8.11. The molecular weight excluding hydrogens is 212 g/mol. The Morgan fingerprint density at radius 2 is 2.12 bits per heavy atom. The summed E-state index contributed by atoms with van der Waals surface area (Å²) in [7, 11) is 1.99. The van der Waals surface area contributed by atoms with Gasteiger partial charge < -0.3 is 9.73 Å². The zero-order chi connectivity index (χ0) is 12.7. The van der Waals surface area contributed by atoms with E-state index in [1.165, 1.54) is 0 Å². The van der Waals surface area contributed by atoms with E-state index in [9.17, 15) is 0 Å². The molecule has 0 amide bonds. The molecule has 0 saturated heterocycles. The zero-order valence-electron chi connectivity index (χ0n) is 11.0. The summed E-state index contributed by atoms with van der Waals surface area (Å²) in [5.74, 6) is 5.22. The maximum Gasteiger partial charge on any atom is 0.118 e. The van der Waals surface area contributed by atoms with Gasteiger partial charge in [0.1, 0.15) is 11.5 Å². The van der Waals surface area contributed by atoms with Gasteiger partial charge >= 0.3 is 0 Å². The number of hydrogen-bond donors (Lipinski definition) is 1. The van der Waals surface area contributed by atoms with E-state index in [0.717, 1.165) is 31.2 Å². The molecule has 17 heavy (non-hydrogen) atoms.